The second-order valence-electron chi connectivity index (χ2n) is 7.62. The van der Waals surface area contributed by atoms with Gasteiger partial charge < -0.3 is 15.5 Å². The van der Waals surface area contributed by atoms with Gasteiger partial charge in [-0.05, 0) is 43.9 Å². The molecule has 154 valence electrons. The van der Waals surface area contributed by atoms with Crippen molar-refractivity contribution < 1.29 is 18.0 Å². The van der Waals surface area contributed by atoms with Gasteiger partial charge in [0.2, 0.25) is 15.9 Å². The number of nitrogens with zero attached hydrogens (tertiary/aromatic N) is 3. The molecular weight excluding hydrogens is 380 g/mol. The van der Waals surface area contributed by atoms with E-state index in [9.17, 15) is 18.0 Å². The van der Waals surface area contributed by atoms with Crippen molar-refractivity contribution in [1.29, 1.82) is 0 Å². The second kappa shape index (κ2) is 8.08. The molecular formula is C19H28N4O4S. The zero-order valence-corrected chi connectivity index (χ0v) is 17.2. The molecule has 0 saturated carbocycles. The Bertz CT molecular complexity index is 863. The van der Waals surface area contributed by atoms with Gasteiger partial charge in [-0.1, -0.05) is 12.1 Å². The summed E-state index contributed by atoms with van der Waals surface area (Å²) >= 11 is 0. The van der Waals surface area contributed by atoms with Gasteiger partial charge in [-0.3, -0.25) is 4.79 Å². The number of likely N-dealkylation sites (tertiary alicyclic amines) is 1. The van der Waals surface area contributed by atoms with Gasteiger partial charge in [-0.15, -0.1) is 0 Å². The first-order valence-corrected chi connectivity index (χ1v) is 11.0. The standard InChI is InChI=1S/C19H28N4O4S/c1-14-5-6-15(2)17(12-14)28(26,27)23-10-8-21(9-11-23)18(24)16-4-3-7-22(13-16)19(20)25/h5-6,12,16H,3-4,7-11,13H2,1-2H3,(H2,20,25)/t16-/m1/s1. The fourth-order valence-electron chi connectivity index (χ4n) is 3.91. The highest BCUT2D eigenvalue weighted by Gasteiger charge is 2.35. The fraction of sp³-hybridized carbons (Fsp3) is 0.579. The zero-order valence-electron chi connectivity index (χ0n) is 16.4. The van der Waals surface area contributed by atoms with E-state index >= 15 is 0 Å². The van der Waals surface area contributed by atoms with Crippen molar-refractivity contribution in [3.63, 3.8) is 0 Å². The molecule has 2 fully saturated rings. The first kappa shape index (κ1) is 20.6. The molecule has 0 aromatic heterocycles. The number of hydrogen-bond donors (Lipinski definition) is 1. The van der Waals surface area contributed by atoms with Crippen molar-refractivity contribution in [3.8, 4) is 0 Å². The average Bonchev–Trinajstić information content (AvgIpc) is 2.69. The largest absolute Gasteiger partial charge is 0.351 e. The van der Waals surface area contributed by atoms with E-state index in [0.717, 1.165) is 24.0 Å². The Morgan fingerprint density at radius 2 is 1.71 bits per heavy atom. The number of piperazine rings is 1. The Labute approximate surface area is 166 Å². The molecule has 2 heterocycles. The van der Waals surface area contributed by atoms with Crippen LogP contribution in [-0.4, -0.2) is 73.7 Å². The molecule has 2 aliphatic rings. The van der Waals surface area contributed by atoms with E-state index in [1.165, 1.54) is 9.21 Å². The van der Waals surface area contributed by atoms with Crippen LogP contribution in [0, 0.1) is 19.8 Å². The average molecular weight is 409 g/mol. The van der Waals surface area contributed by atoms with Crippen LogP contribution in [-0.2, 0) is 14.8 Å². The number of primary amides is 1. The summed E-state index contributed by atoms with van der Waals surface area (Å²) in [4.78, 5) is 27.8. The molecule has 0 aliphatic carbocycles. The normalized spacial score (nSPS) is 21.6. The van der Waals surface area contributed by atoms with Gasteiger partial charge in [-0.25, -0.2) is 13.2 Å². The van der Waals surface area contributed by atoms with Crippen LogP contribution >= 0.6 is 0 Å². The number of rotatable bonds is 3. The lowest BCUT2D eigenvalue weighted by molar-refractivity contribution is -0.138. The Balaban J connectivity index is 1.64. The van der Waals surface area contributed by atoms with E-state index in [4.69, 9.17) is 5.73 Å². The smallest absolute Gasteiger partial charge is 0.314 e. The predicted molar refractivity (Wildman–Crippen MR) is 105 cm³/mol. The number of sulfonamides is 1. The fourth-order valence-corrected chi connectivity index (χ4v) is 5.64. The van der Waals surface area contributed by atoms with Gasteiger partial charge in [0.05, 0.1) is 10.8 Å². The van der Waals surface area contributed by atoms with Crippen molar-refractivity contribution in [1.82, 2.24) is 14.1 Å². The van der Waals surface area contributed by atoms with Crippen molar-refractivity contribution >= 4 is 22.0 Å². The lowest BCUT2D eigenvalue weighted by atomic mass is 9.96. The van der Waals surface area contributed by atoms with Crippen LogP contribution in [0.3, 0.4) is 0 Å². The molecule has 0 radical (unpaired) electrons. The predicted octanol–water partition coefficient (Wildman–Crippen LogP) is 0.927. The molecule has 8 nitrogen and oxygen atoms in total. The third-order valence-electron chi connectivity index (χ3n) is 5.59. The first-order chi connectivity index (χ1) is 13.2. The summed E-state index contributed by atoms with van der Waals surface area (Å²) in [7, 11) is -3.58. The van der Waals surface area contributed by atoms with Crippen molar-refractivity contribution in [2.24, 2.45) is 11.7 Å². The minimum Gasteiger partial charge on any atom is -0.351 e. The van der Waals surface area contributed by atoms with Crippen molar-refractivity contribution in [2.45, 2.75) is 31.6 Å². The van der Waals surface area contributed by atoms with Crippen LogP contribution < -0.4 is 5.73 Å². The Morgan fingerprint density at radius 1 is 1.04 bits per heavy atom. The van der Waals surface area contributed by atoms with Gasteiger partial charge in [0.15, 0.2) is 0 Å². The van der Waals surface area contributed by atoms with E-state index in [2.05, 4.69) is 0 Å². The van der Waals surface area contributed by atoms with Crippen LogP contribution in [0.5, 0.6) is 0 Å². The molecule has 9 heteroatoms. The Hall–Kier alpha value is -2.13. The number of benzene rings is 1. The number of piperidine rings is 1. The van der Waals surface area contributed by atoms with Crippen LogP contribution in [0.1, 0.15) is 24.0 Å². The third kappa shape index (κ3) is 4.15. The van der Waals surface area contributed by atoms with Crippen LogP contribution in [0.15, 0.2) is 23.1 Å². The molecule has 0 unspecified atom stereocenters. The molecule has 2 aliphatic heterocycles. The second-order valence-corrected chi connectivity index (χ2v) is 9.53. The quantitative estimate of drug-likeness (QED) is 0.803. The number of urea groups is 1. The summed E-state index contributed by atoms with van der Waals surface area (Å²) in [5.41, 5.74) is 6.96. The molecule has 0 spiro atoms. The molecule has 0 bridgehead atoms. The third-order valence-corrected chi connectivity index (χ3v) is 7.63. The first-order valence-electron chi connectivity index (χ1n) is 9.60. The number of aryl methyl sites for hydroxylation is 2. The van der Waals surface area contributed by atoms with Gasteiger partial charge in [0.1, 0.15) is 0 Å². The zero-order chi connectivity index (χ0) is 20.5. The number of nitrogens with two attached hydrogens (primary N) is 1. The lowest BCUT2D eigenvalue weighted by Crippen LogP contribution is -2.54. The summed E-state index contributed by atoms with van der Waals surface area (Å²) in [6, 6.07) is 4.91. The molecule has 2 saturated heterocycles. The SMILES string of the molecule is Cc1ccc(C)c(S(=O)(=O)N2CCN(C(=O)[C@@H]3CCCN(C(N)=O)C3)CC2)c1. The maximum Gasteiger partial charge on any atom is 0.314 e. The van der Waals surface area contributed by atoms with E-state index < -0.39 is 16.1 Å². The Kier molecular flexibility index (Phi) is 5.95. The van der Waals surface area contributed by atoms with E-state index in [-0.39, 0.29) is 24.9 Å². The molecule has 1 aromatic rings. The highest BCUT2D eigenvalue weighted by atomic mass is 32.2. The van der Waals surface area contributed by atoms with Gasteiger partial charge in [0.25, 0.3) is 0 Å². The van der Waals surface area contributed by atoms with Gasteiger partial charge >= 0.3 is 6.03 Å². The van der Waals surface area contributed by atoms with E-state index in [1.54, 1.807) is 17.9 Å². The van der Waals surface area contributed by atoms with Crippen LogP contribution in [0.4, 0.5) is 4.79 Å². The highest BCUT2D eigenvalue weighted by molar-refractivity contribution is 7.89. The van der Waals surface area contributed by atoms with Gasteiger partial charge in [-0.2, -0.15) is 4.31 Å². The summed E-state index contributed by atoms with van der Waals surface area (Å²) in [5, 5.41) is 0. The molecule has 3 amide bonds. The van der Waals surface area contributed by atoms with Crippen molar-refractivity contribution in [2.75, 3.05) is 39.3 Å². The summed E-state index contributed by atoms with van der Waals surface area (Å²) in [5.74, 6) is -0.279. The lowest BCUT2D eigenvalue weighted by Gasteiger charge is -2.38. The Morgan fingerprint density at radius 3 is 2.36 bits per heavy atom. The van der Waals surface area contributed by atoms with Gasteiger partial charge in [0, 0.05) is 39.3 Å². The number of amides is 3. The summed E-state index contributed by atoms with van der Waals surface area (Å²) in [6.07, 6.45) is 1.48. The molecule has 3 rings (SSSR count). The van der Waals surface area contributed by atoms with Crippen LogP contribution in [0.25, 0.3) is 0 Å². The van der Waals surface area contributed by atoms with E-state index in [1.807, 2.05) is 19.1 Å². The molecule has 2 N–H and O–H groups in total. The molecule has 28 heavy (non-hydrogen) atoms. The topological polar surface area (TPSA) is 104 Å². The van der Waals surface area contributed by atoms with Crippen molar-refractivity contribution in [3.05, 3.63) is 29.3 Å². The maximum atomic E-state index is 13.0. The monoisotopic (exact) mass is 408 g/mol. The minimum absolute atomic E-state index is 0.0188. The number of carbonyl (C=O) groups excluding carboxylic acids is 2. The number of hydrogen-bond acceptors (Lipinski definition) is 4. The molecule has 1 aromatic carbocycles. The highest BCUT2D eigenvalue weighted by Crippen LogP contribution is 2.24. The minimum atomic E-state index is -3.58. The van der Waals surface area contributed by atoms with E-state index in [0.29, 0.717) is 31.1 Å². The summed E-state index contributed by atoms with van der Waals surface area (Å²) < 4.78 is 27.5. The maximum absolute atomic E-state index is 13.0. The molecule has 1 atom stereocenters. The summed E-state index contributed by atoms with van der Waals surface area (Å²) in [6.45, 7) is 5.85. The number of carbonyl (C=O) groups is 2. The van der Waals surface area contributed by atoms with Crippen LogP contribution in [0.2, 0.25) is 0 Å².